The third-order valence-corrected chi connectivity index (χ3v) is 6.97. The molecule has 6 heteroatoms. The van der Waals surface area contributed by atoms with Crippen molar-refractivity contribution in [3.63, 3.8) is 0 Å². The Morgan fingerprint density at radius 1 is 1.12 bits per heavy atom. The highest BCUT2D eigenvalue weighted by Gasteiger charge is 2.37. The molecule has 0 N–H and O–H groups in total. The summed E-state index contributed by atoms with van der Waals surface area (Å²) in [6.07, 6.45) is 6.92. The lowest BCUT2D eigenvalue weighted by Crippen LogP contribution is -2.45. The summed E-state index contributed by atoms with van der Waals surface area (Å²) in [4.78, 5) is 0.306. The molecule has 1 aliphatic rings. The average Bonchev–Trinajstić information content (AvgIpc) is 2.99. The van der Waals surface area contributed by atoms with E-state index in [0.717, 1.165) is 31.2 Å². The number of sulfonamides is 1. The van der Waals surface area contributed by atoms with E-state index in [0.29, 0.717) is 10.6 Å². The fraction of sp³-hybridized carbons (Fsp3) is 0.526. The van der Waals surface area contributed by atoms with Crippen molar-refractivity contribution in [3.8, 4) is 11.3 Å². The van der Waals surface area contributed by atoms with Crippen LogP contribution in [0.25, 0.3) is 11.3 Å². The van der Waals surface area contributed by atoms with Crippen LogP contribution < -0.4 is 0 Å². The van der Waals surface area contributed by atoms with Crippen molar-refractivity contribution in [2.45, 2.75) is 62.9 Å². The van der Waals surface area contributed by atoms with Crippen LogP contribution in [-0.4, -0.2) is 34.6 Å². The van der Waals surface area contributed by atoms with E-state index >= 15 is 0 Å². The van der Waals surface area contributed by atoms with Gasteiger partial charge in [-0.15, -0.1) is 0 Å². The van der Waals surface area contributed by atoms with Crippen molar-refractivity contribution < 1.29 is 8.42 Å². The topological polar surface area (TPSA) is 55.2 Å². The van der Waals surface area contributed by atoms with Gasteiger partial charge in [0.05, 0.1) is 0 Å². The van der Waals surface area contributed by atoms with Crippen LogP contribution in [0.4, 0.5) is 0 Å². The summed E-state index contributed by atoms with van der Waals surface area (Å²) in [6.45, 7) is 3.93. The van der Waals surface area contributed by atoms with Gasteiger partial charge < -0.3 is 0 Å². The molecule has 0 bridgehead atoms. The Balaban J connectivity index is 2.07. The Morgan fingerprint density at radius 2 is 1.76 bits per heavy atom. The van der Waals surface area contributed by atoms with Gasteiger partial charge in [-0.1, -0.05) is 49.6 Å². The van der Waals surface area contributed by atoms with Gasteiger partial charge in [0.15, 0.2) is 0 Å². The molecule has 3 rings (SSSR count). The van der Waals surface area contributed by atoms with Crippen LogP contribution in [0.5, 0.6) is 0 Å². The van der Waals surface area contributed by atoms with E-state index in [2.05, 4.69) is 5.10 Å². The van der Waals surface area contributed by atoms with E-state index in [4.69, 9.17) is 0 Å². The third-order valence-electron chi connectivity index (χ3n) is 4.84. The molecule has 1 fully saturated rings. The zero-order valence-corrected chi connectivity index (χ0v) is 16.0. The maximum absolute atomic E-state index is 13.6. The van der Waals surface area contributed by atoms with E-state index in [-0.39, 0.29) is 12.1 Å². The molecule has 0 radical (unpaired) electrons. The predicted octanol–water partition coefficient (Wildman–Crippen LogP) is 3.82. The number of benzene rings is 1. The predicted molar refractivity (Wildman–Crippen MR) is 99.7 cm³/mol. The van der Waals surface area contributed by atoms with E-state index < -0.39 is 10.0 Å². The maximum Gasteiger partial charge on any atom is 0.247 e. The molecular formula is C19H27N3O2S. The summed E-state index contributed by atoms with van der Waals surface area (Å²) < 4.78 is 30.4. The van der Waals surface area contributed by atoms with Crippen molar-refractivity contribution in [2.75, 3.05) is 0 Å². The molecule has 0 saturated heterocycles. The molecule has 0 amide bonds. The highest BCUT2D eigenvalue weighted by atomic mass is 32.2. The number of rotatable bonds is 5. The molecular weight excluding hydrogens is 334 g/mol. The Bertz CT molecular complexity index is 806. The maximum atomic E-state index is 13.6. The standard InChI is InChI=1S/C19H27N3O2S/c1-15(2)22(17-12-8-5-9-13-17)25(23,24)18-14-21(3)20-19(18)16-10-6-4-7-11-16/h4,6-7,10-11,14-15,17H,5,8-9,12-13H2,1-3H3. The minimum atomic E-state index is -3.61. The Labute approximate surface area is 150 Å². The van der Waals surface area contributed by atoms with Crippen molar-refractivity contribution in [2.24, 2.45) is 7.05 Å². The Kier molecular flexibility index (Phi) is 5.29. The molecule has 1 aliphatic carbocycles. The summed E-state index contributed by atoms with van der Waals surface area (Å²) in [7, 11) is -1.84. The van der Waals surface area contributed by atoms with Crippen molar-refractivity contribution in [3.05, 3.63) is 36.5 Å². The van der Waals surface area contributed by atoms with Crippen LogP contribution in [0, 0.1) is 0 Å². The number of aromatic nitrogens is 2. The Hall–Kier alpha value is -1.66. The zero-order valence-electron chi connectivity index (χ0n) is 15.2. The molecule has 0 unspecified atom stereocenters. The summed E-state index contributed by atoms with van der Waals surface area (Å²) in [5.74, 6) is 0. The monoisotopic (exact) mass is 361 g/mol. The molecule has 25 heavy (non-hydrogen) atoms. The lowest BCUT2D eigenvalue weighted by molar-refractivity contribution is 0.220. The van der Waals surface area contributed by atoms with Gasteiger partial charge in [-0.25, -0.2) is 8.42 Å². The lowest BCUT2D eigenvalue weighted by atomic mass is 9.95. The summed E-state index contributed by atoms with van der Waals surface area (Å²) >= 11 is 0. The first kappa shape index (κ1) is 18.1. The molecule has 0 spiro atoms. The lowest BCUT2D eigenvalue weighted by Gasteiger charge is -2.36. The molecule has 1 heterocycles. The largest absolute Gasteiger partial charge is 0.274 e. The second-order valence-electron chi connectivity index (χ2n) is 7.10. The normalized spacial score (nSPS) is 16.7. The van der Waals surface area contributed by atoms with Crippen LogP contribution in [0.2, 0.25) is 0 Å². The summed E-state index contributed by atoms with van der Waals surface area (Å²) in [5, 5.41) is 4.44. The van der Waals surface area contributed by atoms with Crippen LogP contribution in [0.3, 0.4) is 0 Å². The minimum absolute atomic E-state index is 0.0723. The van der Waals surface area contributed by atoms with Gasteiger partial charge in [0.1, 0.15) is 10.6 Å². The van der Waals surface area contributed by atoms with Gasteiger partial charge in [0.2, 0.25) is 10.0 Å². The fourth-order valence-electron chi connectivity index (χ4n) is 3.80. The molecule has 1 saturated carbocycles. The first-order chi connectivity index (χ1) is 11.9. The van der Waals surface area contributed by atoms with Crippen molar-refractivity contribution >= 4 is 10.0 Å². The number of hydrogen-bond acceptors (Lipinski definition) is 3. The van der Waals surface area contributed by atoms with Crippen LogP contribution in [-0.2, 0) is 17.1 Å². The molecule has 5 nitrogen and oxygen atoms in total. The van der Waals surface area contributed by atoms with Crippen molar-refractivity contribution in [1.82, 2.24) is 14.1 Å². The highest BCUT2D eigenvalue weighted by Crippen LogP contribution is 2.33. The fourth-order valence-corrected chi connectivity index (χ4v) is 5.87. The van der Waals surface area contributed by atoms with Gasteiger partial charge in [-0.3, -0.25) is 4.68 Å². The van der Waals surface area contributed by atoms with Crippen LogP contribution >= 0.6 is 0 Å². The average molecular weight is 362 g/mol. The summed E-state index contributed by atoms with van der Waals surface area (Å²) in [6, 6.07) is 9.55. The molecule has 1 aromatic heterocycles. The minimum Gasteiger partial charge on any atom is -0.274 e. The first-order valence-electron chi connectivity index (χ1n) is 9.04. The molecule has 1 aromatic carbocycles. The SMILES string of the molecule is CC(C)N(C1CCCCC1)S(=O)(=O)c1cn(C)nc1-c1ccccc1. The van der Waals surface area contributed by atoms with Gasteiger partial charge >= 0.3 is 0 Å². The first-order valence-corrected chi connectivity index (χ1v) is 10.5. The number of nitrogens with zero attached hydrogens (tertiary/aromatic N) is 3. The molecule has 0 atom stereocenters. The van der Waals surface area contributed by atoms with Gasteiger partial charge in [-0.05, 0) is 26.7 Å². The quantitative estimate of drug-likeness (QED) is 0.813. The molecule has 136 valence electrons. The number of hydrogen-bond donors (Lipinski definition) is 0. The highest BCUT2D eigenvalue weighted by molar-refractivity contribution is 7.89. The van der Waals surface area contributed by atoms with Gasteiger partial charge in [0.25, 0.3) is 0 Å². The van der Waals surface area contributed by atoms with E-state index in [1.165, 1.54) is 6.42 Å². The number of aryl methyl sites for hydroxylation is 1. The van der Waals surface area contributed by atoms with E-state index in [1.807, 2.05) is 44.2 Å². The van der Waals surface area contributed by atoms with Gasteiger partial charge in [0, 0.05) is 30.9 Å². The third kappa shape index (κ3) is 3.65. The smallest absolute Gasteiger partial charge is 0.247 e. The van der Waals surface area contributed by atoms with Crippen molar-refractivity contribution in [1.29, 1.82) is 0 Å². The van der Waals surface area contributed by atoms with E-state index in [1.54, 1.807) is 22.2 Å². The van der Waals surface area contributed by atoms with Gasteiger partial charge in [-0.2, -0.15) is 9.40 Å². The van der Waals surface area contributed by atoms with Crippen LogP contribution in [0.15, 0.2) is 41.4 Å². The summed E-state index contributed by atoms with van der Waals surface area (Å²) in [5.41, 5.74) is 1.36. The zero-order chi connectivity index (χ0) is 18.0. The molecule has 2 aromatic rings. The second kappa shape index (κ2) is 7.30. The second-order valence-corrected chi connectivity index (χ2v) is 8.91. The molecule has 0 aliphatic heterocycles. The van der Waals surface area contributed by atoms with Crippen LogP contribution in [0.1, 0.15) is 46.0 Å². The Morgan fingerprint density at radius 3 is 2.36 bits per heavy atom. The van der Waals surface area contributed by atoms with E-state index in [9.17, 15) is 8.42 Å².